The van der Waals surface area contributed by atoms with Gasteiger partial charge < -0.3 is 5.32 Å². The van der Waals surface area contributed by atoms with E-state index >= 15 is 0 Å². The fraction of sp³-hybridized carbons (Fsp3) is 0.500. The smallest absolute Gasteiger partial charge is 0.271 e. The van der Waals surface area contributed by atoms with E-state index in [0.29, 0.717) is 11.6 Å². The van der Waals surface area contributed by atoms with Crippen LogP contribution in [0.2, 0.25) is 0 Å². The lowest BCUT2D eigenvalue weighted by atomic mass is 10.0. The third-order valence-electron chi connectivity index (χ3n) is 2.53. The summed E-state index contributed by atoms with van der Waals surface area (Å²) in [6.07, 6.45) is 2.55. The molecule has 0 spiro atoms. The van der Waals surface area contributed by atoms with Crippen molar-refractivity contribution in [1.29, 1.82) is 0 Å². The van der Waals surface area contributed by atoms with Crippen molar-refractivity contribution in [3.05, 3.63) is 28.5 Å². The van der Waals surface area contributed by atoms with Crippen molar-refractivity contribution < 1.29 is 4.79 Å². The molecule has 0 fully saturated rings. The molecule has 1 rings (SSSR count). The van der Waals surface area contributed by atoms with Gasteiger partial charge in [0.05, 0.1) is 0 Å². The molecule has 1 unspecified atom stereocenters. The zero-order valence-corrected chi connectivity index (χ0v) is 11.4. The van der Waals surface area contributed by atoms with Crippen LogP contribution in [0, 0.1) is 5.92 Å². The van der Waals surface area contributed by atoms with Crippen molar-refractivity contribution in [2.75, 3.05) is 0 Å². The summed E-state index contributed by atoms with van der Waals surface area (Å²) < 4.78 is 0.728. The third-order valence-corrected chi connectivity index (χ3v) is 3.17. The normalized spacial score (nSPS) is 12.6. The van der Waals surface area contributed by atoms with Crippen LogP contribution < -0.4 is 5.32 Å². The first-order valence-electron chi connectivity index (χ1n) is 5.47. The molecular weight excluding hydrogens is 268 g/mol. The Bertz CT molecular complexity index is 366. The van der Waals surface area contributed by atoms with Crippen molar-refractivity contribution in [1.82, 2.24) is 10.3 Å². The van der Waals surface area contributed by atoms with E-state index in [0.717, 1.165) is 10.9 Å². The lowest BCUT2D eigenvalue weighted by Crippen LogP contribution is -2.38. The van der Waals surface area contributed by atoms with E-state index < -0.39 is 0 Å². The maximum absolute atomic E-state index is 11.9. The molecule has 0 aliphatic rings. The molecule has 1 aromatic rings. The number of rotatable bonds is 4. The Morgan fingerprint density at radius 1 is 1.56 bits per heavy atom. The van der Waals surface area contributed by atoms with Crippen LogP contribution in [0.1, 0.15) is 37.7 Å². The molecule has 0 saturated heterocycles. The van der Waals surface area contributed by atoms with E-state index in [1.807, 2.05) is 6.07 Å². The Morgan fingerprint density at radius 3 is 2.75 bits per heavy atom. The molecule has 88 valence electrons. The molecule has 0 aromatic carbocycles. The Morgan fingerprint density at radius 2 is 2.25 bits per heavy atom. The highest BCUT2D eigenvalue weighted by molar-refractivity contribution is 9.10. The molecule has 1 aromatic heterocycles. The number of halogens is 1. The van der Waals surface area contributed by atoms with Gasteiger partial charge >= 0.3 is 0 Å². The van der Waals surface area contributed by atoms with Crippen LogP contribution in [-0.2, 0) is 0 Å². The second-order valence-corrected chi connectivity index (χ2v) is 4.92. The molecule has 0 radical (unpaired) electrons. The van der Waals surface area contributed by atoms with Crippen molar-refractivity contribution in [2.45, 2.75) is 33.2 Å². The summed E-state index contributed by atoms with van der Waals surface area (Å²) in [4.78, 5) is 16.0. The van der Waals surface area contributed by atoms with Gasteiger partial charge in [-0.25, -0.2) is 4.98 Å². The Balaban J connectivity index is 2.76. The minimum atomic E-state index is -0.118. The number of nitrogens with zero attached hydrogens (tertiary/aromatic N) is 1. The summed E-state index contributed by atoms with van der Waals surface area (Å²) in [6.45, 7) is 6.27. The average molecular weight is 285 g/mol. The molecule has 3 nitrogen and oxygen atoms in total. The van der Waals surface area contributed by atoms with Crippen LogP contribution in [-0.4, -0.2) is 16.9 Å². The highest BCUT2D eigenvalue weighted by atomic mass is 79.9. The molecule has 0 aliphatic carbocycles. The molecule has 1 amide bonds. The van der Waals surface area contributed by atoms with Gasteiger partial charge in [-0.05, 0) is 40.4 Å². The predicted molar refractivity (Wildman–Crippen MR) is 68.3 cm³/mol. The molecule has 16 heavy (non-hydrogen) atoms. The molecule has 0 saturated carbocycles. The maximum Gasteiger partial charge on any atom is 0.271 e. The number of nitrogens with one attached hydrogen (secondary N) is 1. The van der Waals surface area contributed by atoms with Crippen LogP contribution >= 0.6 is 15.9 Å². The fourth-order valence-electron chi connectivity index (χ4n) is 1.53. The van der Waals surface area contributed by atoms with Crippen LogP contribution in [0.15, 0.2) is 22.8 Å². The number of amides is 1. The van der Waals surface area contributed by atoms with Crippen molar-refractivity contribution in [2.24, 2.45) is 5.92 Å². The molecule has 1 atom stereocenters. The largest absolute Gasteiger partial charge is 0.348 e. The average Bonchev–Trinajstić information content (AvgIpc) is 2.25. The summed E-state index contributed by atoms with van der Waals surface area (Å²) in [5, 5.41) is 2.99. The van der Waals surface area contributed by atoms with Gasteiger partial charge in [-0.15, -0.1) is 0 Å². The van der Waals surface area contributed by atoms with Gasteiger partial charge in [0.25, 0.3) is 5.91 Å². The van der Waals surface area contributed by atoms with E-state index in [1.165, 1.54) is 0 Å². The molecular formula is C12H17BrN2O. The Labute approximate surface area is 105 Å². The summed E-state index contributed by atoms with van der Waals surface area (Å²) in [7, 11) is 0. The van der Waals surface area contributed by atoms with E-state index in [1.54, 1.807) is 12.3 Å². The second-order valence-electron chi connectivity index (χ2n) is 4.07. The van der Waals surface area contributed by atoms with Crippen LogP contribution in [0.25, 0.3) is 0 Å². The van der Waals surface area contributed by atoms with Gasteiger partial charge in [-0.1, -0.05) is 20.8 Å². The molecule has 1 N–H and O–H groups in total. The zero-order chi connectivity index (χ0) is 12.1. The molecule has 0 aliphatic heterocycles. The van der Waals surface area contributed by atoms with Crippen LogP contribution in [0.5, 0.6) is 0 Å². The number of hydrogen-bond donors (Lipinski definition) is 1. The first-order chi connectivity index (χ1) is 7.56. The maximum atomic E-state index is 11.9. The van der Waals surface area contributed by atoms with Gasteiger partial charge in [-0.3, -0.25) is 4.79 Å². The number of pyridine rings is 1. The first-order valence-corrected chi connectivity index (χ1v) is 6.27. The summed E-state index contributed by atoms with van der Waals surface area (Å²) >= 11 is 3.32. The van der Waals surface area contributed by atoms with Gasteiger partial charge in [0.1, 0.15) is 5.69 Å². The summed E-state index contributed by atoms with van der Waals surface area (Å²) in [5.74, 6) is 0.310. The predicted octanol–water partition coefficient (Wildman–Crippen LogP) is 3.01. The van der Waals surface area contributed by atoms with Crippen molar-refractivity contribution in [3.63, 3.8) is 0 Å². The van der Waals surface area contributed by atoms with Gasteiger partial charge in [0.15, 0.2) is 0 Å². The van der Waals surface area contributed by atoms with E-state index in [2.05, 4.69) is 47.0 Å². The van der Waals surface area contributed by atoms with Gasteiger partial charge in [-0.2, -0.15) is 0 Å². The van der Waals surface area contributed by atoms with Crippen molar-refractivity contribution in [3.8, 4) is 0 Å². The molecule has 4 heteroatoms. The van der Waals surface area contributed by atoms with E-state index in [4.69, 9.17) is 0 Å². The first kappa shape index (κ1) is 13.2. The number of carbonyl (C=O) groups excluding carboxylic acids is 1. The van der Waals surface area contributed by atoms with Gasteiger partial charge in [0, 0.05) is 16.7 Å². The van der Waals surface area contributed by atoms with E-state index in [9.17, 15) is 4.79 Å². The lowest BCUT2D eigenvalue weighted by Gasteiger charge is -2.20. The Kier molecular flexibility index (Phi) is 4.93. The van der Waals surface area contributed by atoms with Crippen LogP contribution in [0.4, 0.5) is 0 Å². The van der Waals surface area contributed by atoms with Crippen LogP contribution in [0.3, 0.4) is 0 Å². The standard InChI is InChI=1S/C12H17BrN2O/c1-4-10(8(2)3)15-12(16)11-9(13)6-5-7-14-11/h5-8,10H,4H2,1-3H3,(H,15,16). The number of hydrogen-bond acceptors (Lipinski definition) is 2. The minimum Gasteiger partial charge on any atom is -0.348 e. The Hall–Kier alpha value is -0.900. The highest BCUT2D eigenvalue weighted by Crippen LogP contribution is 2.14. The SMILES string of the molecule is CCC(NC(=O)c1ncccc1Br)C(C)C. The molecule has 1 heterocycles. The highest BCUT2D eigenvalue weighted by Gasteiger charge is 2.17. The fourth-order valence-corrected chi connectivity index (χ4v) is 1.96. The topological polar surface area (TPSA) is 42.0 Å². The lowest BCUT2D eigenvalue weighted by molar-refractivity contribution is 0.0918. The number of carbonyl (C=O) groups is 1. The van der Waals surface area contributed by atoms with Gasteiger partial charge in [0.2, 0.25) is 0 Å². The number of aromatic nitrogens is 1. The third kappa shape index (κ3) is 3.30. The monoisotopic (exact) mass is 284 g/mol. The molecule has 0 bridgehead atoms. The quantitative estimate of drug-likeness (QED) is 0.924. The summed E-state index contributed by atoms with van der Waals surface area (Å²) in [5.41, 5.74) is 0.446. The van der Waals surface area contributed by atoms with Crippen molar-refractivity contribution >= 4 is 21.8 Å². The minimum absolute atomic E-state index is 0.118. The zero-order valence-electron chi connectivity index (χ0n) is 9.83. The second kappa shape index (κ2) is 5.99. The van der Waals surface area contributed by atoms with E-state index in [-0.39, 0.29) is 11.9 Å². The summed E-state index contributed by atoms with van der Waals surface area (Å²) in [6, 6.07) is 3.81.